The van der Waals surface area contributed by atoms with Gasteiger partial charge in [0.25, 0.3) is 0 Å². The smallest absolute Gasteiger partial charge is 0.430 e. The van der Waals surface area contributed by atoms with E-state index < -0.39 is 61.0 Å². The quantitative estimate of drug-likeness (QED) is 0.0253. The number of carbonyl (C=O) groups excluding carboxylic acids is 1. The molecule has 0 saturated heterocycles. The average molecular weight is 1250 g/mol. The van der Waals surface area contributed by atoms with E-state index in [1.54, 1.807) is 48.5 Å². The van der Waals surface area contributed by atoms with Crippen LogP contribution in [0.25, 0.3) is 0 Å². The third-order valence-corrected chi connectivity index (χ3v) is 19.1. The zero-order valence-corrected chi connectivity index (χ0v) is 51.8. The number of carbonyl (C=O) groups is 1. The first-order valence-electron chi connectivity index (χ1n) is 29.5. The number of aryl methyl sites for hydroxylation is 2. The molecule has 0 bridgehead atoms. The number of nitrogens with zero attached hydrogens (tertiary/aromatic N) is 4. The number of aromatic nitrogens is 4. The highest BCUT2D eigenvalue weighted by Crippen LogP contribution is 2.42. The van der Waals surface area contributed by atoms with E-state index >= 15 is 0 Å². The predicted molar refractivity (Wildman–Crippen MR) is 348 cm³/mol. The molecule has 0 spiro atoms. The van der Waals surface area contributed by atoms with Gasteiger partial charge < -0.3 is 18.6 Å². The molecule has 88 heavy (non-hydrogen) atoms. The van der Waals surface area contributed by atoms with Crippen molar-refractivity contribution in [2.45, 2.75) is 87.7 Å². The van der Waals surface area contributed by atoms with Gasteiger partial charge in [0.05, 0.1) is 24.0 Å². The number of halogens is 2. The maximum Gasteiger partial charge on any atom is 0.508 e. The van der Waals surface area contributed by atoms with E-state index in [2.05, 4.69) is 104 Å². The summed E-state index contributed by atoms with van der Waals surface area (Å²) in [5.74, 6) is -1.15. The van der Waals surface area contributed by atoms with E-state index in [4.69, 9.17) is 42.6 Å². The van der Waals surface area contributed by atoms with Crippen LogP contribution in [-0.4, -0.2) is 65.8 Å². The third kappa shape index (κ3) is 15.9. The van der Waals surface area contributed by atoms with Crippen molar-refractivity contribution in [2.24, 2.45) is 0 Å². The molecule has 2 heterocycles. The first kappa shape index (κ1) is 62.9. The molecular formula is C71H70Cl2N6O7S2. The fourth-order valence-electron chi connectivity index (χ4n) is 11.5. The van der Waals surface area contributed by atoms with Crippen molar-refractivity contribution in [3.63, 3.8) is 0 Å². The van der Waals surface area contributed by atoms with Gasteiger partial charge in [-0.1, -0.05) is 229 Å². The van der Waals surface area contributed by atoms with Crippen LogP contribution < -0.4 is 9.44 Å². The zero-order chi connectivity index (χ0) is 61.2. The van der Waals surface area contributed by atoms with Gasteiger partial charge in [-0.2, -0.15) is 0 Å². The average Bonchev–Trinajstić information content (AvgIpc) is 1.24. The molecule has 0 radical (unpaired) electrons. The van der Waals surface area contributed by atoms with E-state index in [9.17, 15) is 21.6 Å². The number of nitrogens with one attached hydrogen (secondary N) is 2. The molecule has 10 aromatic rings. The van der Waals surface area contributed by atoms with E-state index in [1.165, 1.54) is 0 Å². The van der Waals surface area contributed by atoms with Crippen LogP contribution in [0.3, 0.4) is 0 Å². The number of sulfonamides is 2. The van der Waals surface area contributed by atoms with E-state index in [1.807, 2.05) is 122 Å². The molecule has 0 amide bonds. The summed E-state index contributed by atoms with van der Waals surface area (Å²) >= 11 is 12.2. The molecule has 17 heteroatoms. The Kier molecular flexibility index (Phi) is 21.2. The van der Waals surface area contributed by atoms with Crippen LogP contribution >= 0.6 is 23.2 Å². The minimum Gasteiger partial charge on any atom is -0.430 e. The maximum absolute atomic E-state index is 14.1. The third-order valence-electron chi connectivity index (χ3n) is 15.8. The van der Waals surface area contributed by atoms with Crippen LogP contribution in [0, 0.1) is 0 Å². The predicted octanol–water partition coefficient (Wildman–Crippen LogP) is 14.3. The van der Waals surface area contributed by atoms with Gasteiger partial charge >= 0.3 is 6.16 Å². The largest absolute Gasteiger partial charge is 0.508 e. The molecule has 10 rings (SSSR count). The van der Waals surface area contributed by atoms with Gasteiger partial charge in [0.15, 0.2) is 0 Å². The van der Waals surface area contributed by atoms with Crippen molar-refractivity contribution in [3.8, 4) is 0 Å². The Bertz CT molecular complexity index is 3560. The van der Waals surface area contributed by atoms with Crippen LogP contribution in [0.1, 0.15) is 94.4 Å². The van der Waals surface area contributed by atoms with Crippen molar-refractivity contribution in [2.75, 3.05) is 11.5 Å². The van der Waals surface area contributed by atoms with Gasteiger partial charge in [0.2, 0.25) is 20.0 Å². The minimum atomic E-state index is -4.06. The second-order valence-corrected chi connectivity index (χ2v) is 26.4. The van der Waals surface area contributed by atoms with Crippen molar-refractivity contribution >= 4 is 49.4 Å². The lowest BCUT2D eigenvalue weighted by molar-refractivity contribution is 0.00429. The van der Waals surface area contributed by atoms with Crippen LogP contribution in [0.4, 0.5) is 4.79 Å². The second kappa shape index (κ2) is 29.7. The van der Waals surface area contributed by atoms with Gasteiger partial charge in [-0.25, -0.2) is 41.0 Å². The molecule has 8 aromatic carbocycles. The molecule has 0 fully saturated rings. The number of ether oxygens (including phenoxy) is 2. The summed E-state index contributed by atoms with van der Waals surface area (Å²) in [6.45, 7) is -0.0418. The van der Waals surface area contributed by atoms with Crippen molar-refractivity contribution in [1.29, 1.82) is 0 Å². The number of hydrogen-bond acceptors (Lipinski definition) is 9. The van der Waals surface area contributed by atoms with Crippen LogP contribution in [0.15, 0.2) is 256 Å². The lowest BCUT2D eigenvalue weighted by atomic mass is 9.77. The van der Waals surface area contributed by atoms with E-state index in [-0.39, 0.29) is 25.9 Å². The Morgan fingerprint density at radius 1 is 0.420 bits per heavy atom. The Balaban J connectivity index is 0.851. The summed E-state index contributed by atoms with van der Waals surface area (Å²) in [7, 11) is -8.12. The van der Waals surface area contributed by atoms with Gasteiger partial charge in [0, 0.05) is 35.5 Å². The Morgan fingerprint density at radius 3 is 0.989 bits per heavy atom. The summed E-state index contributed by atoms with van der Waals surface area (Å²) in [5.41, 5.74) is 7.84. The molecule has 2 N–H and O–H groups in total. The molecule has 2 unspecified atom stereocenters. The lowest BCUT2D eigenvalue weighted by Crippen LogP contribution is -2.37. The van der Waals surface area contributed by atoms with Gasteiger partial charge in [-0.15, -0.1) is 0 Å². The van der Waals surface area contributed by atoms with Crippen molar-refractivity contribution < 1.29 is 31.1 Å². The highest BCUT2D eigenvalue weighted by Gasteiger charge is 2.40. The van der Waals surface area contributed by atoms with Crippen molar-refractivity contribution in [1.82, 2.24) is 28.5 Å². The summed E-state index contributed by atoms with van der Waals surface area (Å²) in [5, 5.41) is 1.02. The Morgan fingerprint density at radius 2 is 0.705 bits per heavy atom. The lowest BCUT2D eigenvalue weighted by Gasteiger charge is -2.37. The first-order valence-corrected chi connectivity index (χ1v) is 33.6. The molecule has 0 aliphatic carbocycles. The van der Waals surface area contributed by atoms with E-state index in [0.717, 1.165) is 44.8 Å². The molecule has 452 valence electrons. The SMILES string of the molecule is O=C(OC(CCCCc1cn(C(c2ccccc2)(c2ccccc2)c2ccccc2)cn1)CS(=O)(=O)NCc1ccc(Cl)cc1)OC(CCCCc1cn(C(c2ccccc2)(c2ccccc2)c2ccccc2)cn1)CS(=O)(=O)NCc1ccc(Cl)cc1. The fraction of sp³-hybridized carbons (Fsp3) is 0.225. The first-order chi connectivity index (χ1) is 42.8. The zero-order valence-electron chi connectivity index (χ0n) is 48.6. The number of unbranched alkanes of at least 4 members (excludes halogenated alkanes) is 2. The number of rotatable bonds is 30. The normalized spacial score (nSPS) is 12.8. The molecule has 13 nitrogen and oxygen atoms in total. The summed E-state index contributed by atoms with van der Waals surface area (Å²) < 4.78 is 76.9. The second-order valence-electron chi connectivity index (χ2n) is 21.8. The van der Waals surface area contributed by atoms with Crippen LogP contribution in [0.2, 0.25) is 10.0 Å². The summed E-state index contributed by atoms with van der Waals surface area (Å²) in [4.78, 5) is 24.0. The van der Waals surface area contributed by atoms with Gasteiger partial charge in [-0.05, 0) is 120 Å². The molecular weight excluding hydrogens is 1180 g/mol. The Labute approximate surface area is 526 Å². The molecule has 0 saturated carbocycles. The Hall–Kier alpha value is -8.15. The standard InChI is InChI=1S/C71H70Cl2N6O7S2/c72-63-43-39-55(40-44-63)47-76-87(81,82)51-67(37-21-19-35-65-49-78(53-74-65)70(57-23-7-1-8-24-57,58-25-9-2-10-26-58)59-27-11-3-12-28-59)85-69(80)86-68(52-88(83,84)77-48-56-41-45-64(73)46-42-56)38-22-20-36-66-50-79(54-75-66)71(60-29-13-4-14-30-60,61-31-15-5-16-32-61)62-33-17-6-18-34-62/h1-18,23-34,39-46,49-50,53-54,67-68,76-77H,19-22,35-38,47-48,51-52H2. The van der Waals surface area contributed by atoms with Crippen LogP contribution in [0.5, 0.6) is 0 Å². The number of imidazole rings is 2. The molecule has 0 aliphatic rings. The monoisotopic (exact) mass is 1250 g/mol. The van der Waals surface area contributed by atoms with Gasteiger partial charge in [0.1, 0.15) is 34.8 Å². The minimum absolute atomic E-state index is 0.0209. The number of hydrogen-bond donors (Lipinski definition) is 2. The highest BCUT2D eigenvalue weighted by molar-refractivity contribution is 7.89. The van der Waals surface area contributed by atoms with Crippen LogP contribution in [-0.2, 0) is 66.5 Å². The van der Waals surface area contributed by atoms with Crippen molar-refractivity contribution in [3.05, 3.63) is 322 Å². The van der Waals surface area contributed by atoms with Gasteiger partial charge in [-0.3, -0.25) is 0 Å². The van der Waals surface area contributed by atoms with E-state index in [0.29, 0.717) is 59.7 Å². The molecule has 2 aromatic heterocycles. The maximum atomic E-state index is 14.1. The summed E-state index contributed by atoms with van der Waals surface area (Å²) in [6.07, 6.45) is 7.74. The highest BCUT2D eigenvalue weighted by atomic mass is 35.5. The molecule has 2 atom stereocenters. The summed E-state index contributed by atoms with van der Waals surface area (Å²) in [6, 6.07) is 75.5. The topological polar surface area (TPSA) is 164 Å². The molecule has 0 aliphatic heterocycles. The fourth-order valence-corrected chi connectivity index (χ4v) is 14.2. The number of benzene rings is 8.